The van der Waals surface area contributed by atoms with Gasteiger partial charge in [-0.25, -0.2) is 4.57 Å². The van der Waals surface area contributed by atoms with Crippen molar-refractivity contribution in [2.24, 2.45) is 5.92 Å². The normalized spacial score (nSPS) is 29.5. The molecule has 3 rings (SSSR count). The van der Waals surface area contributed by atoms with Crippen LogP contribution in [0.2, 0.25) is 0 Å². The van der Waals surface area contributed by atoms with Crippen molar-refractivity contribution in [3.8, 4) is 11.5 Å². The van der Waals surface area contributed by atoms with Gasteiger partial charge in [-0.3, -0.25) is 14.1 Å². The molecule has 13 nitrogen and oxygen atoms in total. The Hall–Kier alpha value is -2.25. The molecule has 1 amide bonds. The van der Waals surface area contributed by atoms with Gasteiger partial charge in [0.15, 0.2) is 6.29 Å². The van der Waals surface area contributed by atoms with Gasteiger partial charge in [0.25, 0.3) is 0 Å². The molecule has 38 heavy (non-hydrogen) atoms. The number of benzene rings is 1. The van der Waals surface area contributed by atoms with Crippen LogP contribution in [0.5, 0.6) is 11.5 Å². The number of hydrogen-bond acceptors (Lipinski definition) is 11. The third-order valence-electron chi connectivity index (χ3n) is 6.15. The molecule has 1 aromatic rings. The van der Waals surface area contributed by atoms with Gasteiger partial charge in [-0.15, -0.1) is 0 Å². The van der Waals surface area contributed by atoms with Crippen molar-refractivity contribution in [3.63, 3.8) is 0 Å². The highest BCUT2D eigenvalue weighted by Gasteiger charge is 2.53. The lowest BCUT2D eigenvalue weighted by molar-refractivity contribution is -0.250. The molecule has 2 aliphatic heterocycles. The molecule has 2 unspecified atom stereocenters. The van der Waals surface area contributed by atoms with Gasteiger partial charge in [-0.1, -0.05) is 13.8 Å². The molecule has 1 aromatic carbocycles. The van der Waals surface area contributed by atoms with Crippen molar-refractivity contribution in [1.82, 2.24) is 9.99 Å². The van der Waals surface area contributed by atoms with Crippen molar-refractivity contribution >= 4 is 19.6 Å². The topological polar surface area (TPSA) is 173 Å². The first-order valence-electron chi connectivity index (χ1n) is 12.4. The summed E-state index contributed by atoms with van der Waals surface area (Å²) >= 11 is 0. The van der Waals surface area contributed by atoms with Crippen LogP contribution in [0.15, 0.2) is 24.3 Å². The molecule has 0 aromatic heterocycles. The minimum Gasteiger partial charge on any atom is -0.497 e. The molecular weight excluding hydrogens is 523 g/mol. The first-order chi connectivity index (χ1) is 18.0. The third-order valence-corrected chi connectivity index (χ3v) is 8.21. The van der Waals surface area contributed by atoms with Crippen LogP contribution in [0, 0.1) is 5.92 Å². The summed E-state index contributed by atoms with van der Waals surface area (Å²) in [5.74, 6) is -0.426. The van der Waals surface area contributed by atoms with Gasteiger partial charge in [-0.05, 0) is 43.0 Å². The Morgan fingerprint density at radius 1 is 1.21 bits per heavy atom. The third kappa shape index (κ3) is 7.23. The number of aliphatic hydroxyl groups is 3. The lowest BCUT2D eigenvalue weighted by Gasteiger charge is -2.43. The summed E-state index contributed by atoms with van der Waals surface area (Å²) in [6, 6.07) is 3.85. The molecule has 2 fully saturated rings. The van der Waals surface area contributed by atoms with E-state index in [1.807, 2.05) is 13.8 Å². The quantitative estimate of drug-likeness (QED) is 0.222. The monoisotopic (exact) mass is 560 g/mol. The van der Waals surface area contributed by atoms with Crippen LogP contribution >= 0.6 is 7.75 Å². The van der Waals surface area contributed by atoms with E-state index in [9.17, 15) is 29.5 Å². The van der Waals surface area contributed by atoms with Crippen molar-refractivity contribution < 1.29 is 52.7 Å². The van der Waals surface area contributed by atoms with Crippen molar-refractivity contribution in [2.75, 3.05) is 26.9 Å². The van der Waals surface area contributed by atoms with Gasteiger partial charge in [0.1, 0.15) is 41.9 Å². The number of methoxy groups -OCH3 is 1. The summed E-state index contributed by atoms with van der Waals surface area (Å²) < 4.78 is 43.5. The van der Waals surface area contributed by atoms with Gasteiger partial charge in [0.2, 0.25) is 5.91 Å². The second-order valence-electron chi connectivity index (χ2n) is 9.61. The second-order valence-corrected chi connectivity index (χ2v) is 11.5. The predicted octanol–water partition coefficient (Wildman–Crippen LogP) is 0.806. The molecule has 0 saturated carbocycles. The summed E-state index contributed by atoms with van der Waals surface area (Å²) in [7, 11) is -2.97. The van der Waals surface area contributed by atoms with Crippen LogP contribution in [-0.2, 0) is 28.2 Å². The molecule has 0 bridgehead atoms. The number of ether oxygens (including phenoxy) is 3. The van der Waals surface area contributed by atoms with Gasteiger partial charge < -0.3 is 39.4 Å². The zero-order valence-corrected chi connectivity index (χ0v) is 22.8. The van der Waals surface area contributed by atoms with Gasteiger partial charge in [0.05, 0.1) is 20.3 Å². The number of aliphatic hydroxyl groups excluding tert-OH is 3. The Morgan fingerprint density at radius 2 is 1.87 bits per heavy atom. The van der Waals surface area contributed by atoms with Crippen LogP contribution in [-0.4, -0.2) is 95.4 Å². The molecule has 2 aliphatic rings. The predicted molar refractivity (Wildman–Crippen MR) is 133 cm³/mol. The summed E-state index contributed by atoms with van der Waals surface area (Å²) in [6.45, 7) is 4.57. The molecule has 2 heterocycles. The molecule has 2 saturated heterocycles. The van der Waals surface area contributed by atoms with Crippen molar-refractivity contribution in [3.05, 3.63) is 24.3 Å². The molecule has 0 aliphatic carbocycles. The highest BCUT2D eigenvalue weighted by Crippen LogP contribution is 2.57. The Bertz CT molecular complexity index is 992. The number of esters is 1. The van der Waals surface area contributed by atoms with E-state index in [1.54, 1.807) is 12.1 Å². The second kappa shape index (κ2) is 13.2. The number of rotatable bonds is 11. The van der Waals surface area contributed by atoms with Crippen molar-refractivity contribution in [1.29, 1.82) is 0 Å². The van der Waals surface area contributed by atoms with Crippen LogP contribution in [0.4, 0.5) is 0 Å². The van der Waals surface area contributed by atoms with Gasteiger partial charge >= 0.3 is 13.7 Å². The Kier molecular flexibility index (Phi) is 10.5. The SMILES string of the molecule is COc1ccc(OP(=O)(O[C@H]2[C@H](O)[C@@H](NC(C)=O)[C@@H](O)O[C@@H]2CO)N2CCCC2C(=O)OCC(C)C)cc1. The molecule has 0 radical (unpaired) electrons. The van der Waals surface area contributed by atoms with Crippen LogP contribution in [0.3, 0.4) is 0 Å². The molecule has 7 atom stereocenters. The minimum atomic E-state index is -4.46. The lowest BCUT2D eigenvalue weighted by atomic mass is 9.97. The van der Waals surface area contributed by atoms with E-state index >= 15 is 0 Å². The van der Waals surface area contributed by atoms with E-state index in [0.717, 1.165) is 0 Å². The Labute approximate surface area is 221 Å². The number of nitrogens with zero attached hydrogens (tertiary/aromatic N) is 1. The van der Waals surface area contributed by atoms with E-state index in [2.05, 4.69) is 5.32 Å². The van der Waals surface area contributed by atoms with Gasteiger partial charge in [0, 0.05) is 13.5 Å². The van der Waals surface area contributed by atoms with Crippen molar-refractivity contribution in [2.45, 2.75) is 70.3 Å². The first kappa shape index (κ1) is 30.3. The number of carbonyl (C=O) groups excluding carboxylic acids is 2. The summed E-state index contributed by atoms with van der Waals surface area (Å²) in [5, 5.41) is 33.5. The van der Waals surface area contributed by atoms with Crippen LogP contribution < -0.4 is 14.6 Å². The Balaban J connectivity index is 1.96. The maximum Gasteiger partial charge on any atom is 0.462 e. The smallest absolute Gasteiger partial charge is 0.462 e. The highest BCUT2D eigenvalue weighted by atomic mass is 31.2. The average Bonchev–Trinajstić information content (AvgIpc) is 3.38. The fourth-order valence-corrected chi connectivity index (χ4v) is 6.45. The fraction of sp³-hybridized carbons (Fsp3) is 0.667. The Morgan fingerprint density at radius 3 is 2.45 bits per heavy atom. The molecule has 14 heteroatoms. The zero-order valence-electron chi connectivity index (χ0n) is 21.9. The number of nitrogens with one attached hydrogen (secondary N) is 1. The molecule has 0 spiro atoms. The number of hydrogen-bond donors (Lipinski definition) is 4. The maximum atomic E-state index is 14.5. The maximum absolute atomic E-state index is 14.5. The largest absolute Gasteiger partial charge is 0.497 e. The standard InChI is InChI=1S/C24H37N2O11P/c1-14(2)13-34-23(30)18-6-5-11-26(18)38(32,36-17-9-7-16(33-4)8-10-17)37-22-19(12-27)35-24(31)20(21(22)29)25-15(3)28/h7-10,14,18-22,24,27,29,31H,5-6,11-13H2,1-4H3,(H,25,28)/t18?,19-,20-,21-,22-,24+,38?/m1/s1. The lowest BCUT2D eigenvalue weighted by Crippen LogP contribution is -2.64. The van der Waals surface area contributed by atoms with Gasteiger partial charge in [-0.2, -0.15) is 4.67 Å². The van der Waals surface area contributed by atoms with E-state index in [4.69, 9.17) is 23.3 Å². The number of carbonyl (C=O) groups is 2. The van der Waals surface area contributed by atoms with E-state index in [-0.39, 0.29) is 24.8 Å². The van der Waals surface area contributed by atoms with E-state index in [1.165, 1.54) is 30.8 Å². The summed E-state index contributed by atoms with van der Waals surface area (Å²) in [6.07, 6.45) is -5.35. The summed E-state index contributed by atoms with van der Waals surface area (Å²) in [5.41, 5.74) is 0. The minimum absolute atomic E-state index is 0.0874. The van der Waals surface area contributed by atoms with Crippen LogP contribution in [0.25, 0.3) is 0 Å². The molecule has 214 valence electrons. The highest BCUT2D eigenvalue weighted by molar-refractivity contribution is 7.51. The van der Waals surface area contributed by atoms with E-state index in [0.29, 0.717) is 18.6 Å². The van der Waals surface area contributed by atoms with E-state index < -0.39 is 62.9 Å². The fourth-order valence-electron chi connectivity index (χ4n) is 4.29. The molecular formula is C24H37N2O11P. The number of amides is 1. The van der Waals surface area contributed by atoms with Crippen LogP contribution in [0.1, 0.15) is 33.6 Å². The zero-order chi connectivity index (χ0) is 28.0. The summed E-state index contributed by atoms with van der Waals surface area (Å²) in [4.78, 5) is 24.6. The average molecular weight is 561 g/mol. The first-order valence-corrected chi connectivity index (χ1v) is 13.9. The molecule has 4 N–H and O–H groups in total.